The topological polar surface area (TPSA) is 126 Å². The van der Waals surface area contributed by atoms with Gasteiger partial charge in [-0.2, -0.15) is 0 Å². The van der Waals surface area contributed by atoms with Crippen molar-refractivity contribution in [2.24, 2.45) is 0 Å². The fourth-order valence-corrected chi connectivity index (χ4v) is 4.41. The Labute approximate surface area is 171 Å². The lowest BCUT2D eigenvalue weighted by atomic mass is 10.3. The smallest absolute Gasteiger partial charge is 0.319 e. The van der Waals surface area contributed by atoms with Gasteiger partial charge in [0.25, 0.3) is 0 Å². The van der Waals surface area contributed by atoms with E-state index in [0.717, 1.165) is 5.56 Å². The van der Waals surface area contributed by atoms with Crippen LogP contribution in [0.2, 0.25) is 0 Å². The number of carbonyl (C=O) groups is 1. The average molecular weight is 423 g/mol. The van der Waals surface area contributed by atoms with Crippen LogP contribution in [0.25, 0.3) is 10.9 Å². The number of rotatable bonds is 5. The average Bonchev–Trinajstić information content (AvgIpc) is 3.14. The minimum atomic E-state index is -3.91. The number of fused-ring (bicyclic) bond motifs is 1. The Balaban J connectivity index is 1.50. The van der Waals surface area contributed by atoms with E-state index in [1.165, 1.54) is 36.5 Å². The maximum absolute atomic E-state index is 13.0. The van der Waals surface area contributed by atoms with Gasteiger partial charge in [-0.05, 0) is 42.0 Å². The molecule has 0 fully saturated rings. The van der Waals surface area contributed by atoms with Gasteiger partial charge in [0.05, 0.1) is 11.1 Å². The first kappa shape index (κ1) is 19.4. The molecule has 0 aliphatic carbocycles. The number of urea groups is 1. The van der Waals surface area contributed by atoms with E-state index in [0.29, 0.717) is 22.5 Å². The van der Waals surface area contributed by atoms with Gasteiger partial charge >= 0.3 is 6.03 Å². The molecule has 0 atom stereocenters. The van der Waals surface area contributed by atoms with Gasteiger partial charge in [-0.3, -0.25) is 4.98 Å². The molecule has 2 aromatic carbocycles. The fourth-order valence-electron chi connectivity index (χ4n) is 2.95. The van der Waals surface area contributed by atoms with Gasteiger partial charge in [0.1, 0.15) is 10.4 Å². The van der Waals surface area contributed by atoms with Crippen LogP contribution in [-0.4, -0.2) is 34.6 Å². The summed E-state index contributed by atoms with van der Waals surface area (Å²) in [5.41, 5.74) is 1.39. The van der Waals surface area contributed by atoms with Crippen molar-refractivity contribution < 1.29 is 18.4 Å². The second-order valence-electron chi connectivity index (χ2n) is 6.42. The number of aromatic nitrogens is 3. The van der Waals surface area contributed by atoms with Crippen molar-refractivity contribution in [1.82, 2.24) is 20.2 Å². The highest BCUT2D eigenvalue weighted by Crippen LogP contribution is 2.28. The Morgan fingerprint density at radius 3 is 2.57 bits per heavy atom. The molecule has 2 heterocycles. The van der Waals surface area contributed by atoms with E-state index in [1.54, 1.807) is 30.6 Å². The SMILES string of the molecule is O=C(NCc1cccnc1)Nc1ccc(S(=O)(=O)c2cccc3cnn(O)c23)cc1. The van der Waals surface area contributed by atoms with Crippen molar-refractivity contribution in [3.05, 3.63) is 78.8 Å². The lowest BCUT2D eigenvalue weighted by Crippen LogP contribution is -2.28. The number of carbonyl (C=O) groups excluding carboxylic acids is 1. The number of amides is 2. The highest BCUT2D eigenvalue weighted by Gasteiger charge is 2.23. The number of hydrogen-bond acceptors (Lipinski definition) is 6. The first-order valence-electron chi connectivity index (χ1n) is 8.90. The van der Waals surface area contributed by atoms with Crippen LogP contribution in [0.1, 0.15) is 5.56 Å². The number of nitrogens with zero attached hydrogens (tertiary/aromatic N) is 3. The van der Waals surface area contributed by atoms with Crippen LogP contribution in [0.4, 0.5) is 10.5 Å². The summed E-state index contributed by atoms with van der Waals surface area (Å²) >= 11 is 0. The van der Waals surface area contributed by atoms with Gasteiger partial charge < -0.3 is 15.8 Å². The maximum Gasteiger partial charge on any atom is 0.319 e. The summed E-state index contributed by atoms with van der Waals surface area (Å²) in [4.78, 5) is 16.5. The molecule has 0 saturated heterocycles. The molecule has 0 aliphatic rings. The molecular formula is C20H17N5O4S. The van der Waals surface area contributed by atoms with Crippen LogP contribution in [0.15, 0.2) is 83.0 Å². The van der Waals surface area contributed by atoms with E-state index in [-0.39, 0.29) is 15.3 Å². The predicted octanol–water partition coefficient (Wildman–Crippen LogP) is 2.82. The molecular weight excluding hydrogens is 406 g/mol. The van der Waals surface area contributed by atoms with Crippen molar-refractivity contribution in [2.75, 3.05) is 5.32 Å². The predicted molar refractivity (Wildman–Crippen MR) is 109 cm³/mol. The van der Waals surface area contributed by atoms with Gasteiger partial charge in [0.15, 0.2) is 0 Å². The molecule has 4 aromatic rings. The van der Waals surface area contributed by atoms with Crippen LogP contribution in [0.3, 0.4) is 0 Å². The van der Waals surface area contributed by atoms with Crippen LogP contribution >= 0.6 is 0 Å². The minimum Gasteiger partial charge on any atom is -0.411 e. The minimum absolute atomic E-state index is 0.0255. The molecule has 2 amide bonds. The first-order chi connectivity index (χ1) is 14.4. The Kier molecular flexibility index (Phi) is 5.07. The van der Waals surface area contributed by atoms with E-state index in [9.17, 15) is 18.4 Å². The van der Waals surface area contributed by atoms with Gasteiger partial charge in [0.2, 0.25) is 9.84 Å². The number of hydrogen-bond donors (Lipinski definition) is 3. The normalized spacial score (nSPS) is 11.3. The molecule has 30 heavy (non-hydrogen) atoms. The fraction of sp³-hybridized carbons (Fsp3) is 0.0500. The third-order valence-electron chi connectivity index (χ3n) is 4.42. The molecule has 0 aliphatic heterocycles. The van der Waals surface area contributed by atoms with Crippen LogP contribution in [-0.2, 0) is 16.4 Å². The van der Waals surface area contributed by atoms with E-state index in [2.05, 4.69) is 20.7 Å². The molecule has 3 N–H and O–H groups in total. The number of para-hydroxylation sites is 1. The molecule has 4 rings (SSSR count). The van der Waals surface area contributed by atoms with Gasteiger partial charge in [-0.15, -0.1) is 9.94 Å². The largest absolute Gasteiger partial charge is 0.411 e. The zero-order valence-electron chi connectivity index (χ0n) is 15.6. The highest BCUT2D eigenvalue weighted by molar-refractivity contribution is 7.91. The molecule has 0 radical (unpaired) electrons. The van der Waals surface area contributed by atoms with Crippen molar-refractivity contribution in [3.63, 3.8) is 0 Å². The van der Waals surface area contributed by atoms with E-state index >= 15 is 0 Å². The third kappa shape index (κ3) is 3.80. The van der Waals surface area contributed by atoms with Crippen LogP contribution in [0.5, 0.6) is 0 Å². The molecule has 2 aromatic heterocycles. The second-order valence-corrected chi connectivity index (χ2v) is 8.34. The summed E-state index contributed by atoms with van der Waals surface area (Å²) < 4.78 is 26.1. The first-order valence-corrected chi connectivity index (χ1v) is 10.4. The van der Waals surface area contributed by atoms with E-state index in [4.69, 9.17) is 0 Å². The third-order valence-corrected chi connectivity index (χ3v) is 6.23. The summed E-state index contributed by atoms with van der Waals surface area (Å²) in [5, 5.41) is 19.4. The quantitative estimate of drug-likeness (QED) is 0.424. The van der Waals surface area contributed by atoms with Crippen molar-refractivity contribution in [2.45, 2.75) is 16.3 Å². The molecule has 0 bridgehead atoms. The number of pyridine rings is 1. The molecule has 9 nitrogen and oxygen atoms in total. The molecule has 0 saturated carbocycles. The molecule has 0 unspecified atom stereocenters. The number of benzene rings is 2. The lowest BCUT2D eigenvalue weighted by Gasteiger charge is -2.10. The molecule has 10 heteroatoms. The summed E-state index contributed by atoms with van der Waals surface area (Å²) in [7, 11) is -3.91. The van der Waals surface area contributed by atoms with Gasteiger partial charge in [-0.25, -0.2) is 13.2 Å². The Morgan fingerprint density at radius 1 is 1.03 bits per heavy atom. The lowest BCUT2D eigenvalue weighted by molar-refractivity contribution is 0.160. The Hall–Kier alpha value is -3.92. The number of sulfone groups is 1. The zero-order valence-corrected chi connectivity index (χ0v) is 16.4. The summed E-state index contributed by atoms with van der Waals surface area (Å²) in [6, 6.07) is 13.6. The molecule has 152 valence electrons. The Morgan fingerprint density at radius 2 is 1.83 bits per heavy atom. The van der Waals surface area contributed by atoms with Crippen molar-refractivity contribution in [3.8, 4) is 0 Å². The Bertz CT molecular complexity index is 1300. The van der Waals surface area contributed by atoms with E-state index in [1.807, 2.05) is 6.07 Å². The summed E-state index contributed by atoms with van der Waals surface area (Å²) in [6.45, 7) is 0.311. The summed E-state index contributed by atoms with van der Waals surface area (Å²) in [5.74, 6) is 0. The van der Waals surface area contributed by atoms with Crippen LogP contribution < -0.4 is 10.6 Å². The number of anilines is 1. The number of nitrogens with one attached hydrogen (secondary N) is 2. The van der Waals surface area contributed by atoms with Crippen molar-refractivity contribution in [1.29, 1.82) is 0 Å². The maximum atomic E-state index is 13.0. The van der Waals surface area contributed by atoms with Crippen molar-refractivity contribution >= 4 is 32.5 Å². The highest BCUT2D eigenvalue weighted by atomic mass is 32.2. The van der Waals surface area contributed by atoms with E-state index < -0.39 is 15.9 Å². The molecule has 0 spiro atoms. The second kappa shape index (κ2) is 7.84. The summed E-state index contributed by atoms with van der Waals surface area (Å²) in [6.07, 6.45) is 4.68. The van der Waals surface area contributed by atoms with Gasteiger partial charge in [0, 0.05) is 30.0 Å². The monoisotopic (exact) mass is 423 g/mol. The standard InChI is InChI=1S/C20H17N5O4S/c26-20(22-12-14-3-2-10-21-11-14)24-16-6-8-17(9-7-16)30(28,29)18-5-1-4-15-13-23-25(27)19(15)18/h1-11,13,27H,12H2,(H2,22,24,26). The van der Waals surface area contributed by atoms with Crippen LogP contribution in [0, 0.1) is 0 Å². The van der Waals surface area contributed by atoms with Gasteiger partial charge in [-0.1, -0.05) is 18.2 Å². The zero-order chi connectivity index (χ0) is 21.1.